The van der Waals surface area contributed by atoms with E-state index in [4.69, 9.17) is 9.84 Å². The summed E-state index contributed by atoms with van der Waals surface area (Å²) in [6.07, 6.45) is -0.141. The summed E-state index contributed by atoms with van der Waals surface area (Å²) in [5, 5.41) is 10.8. The van der Waals surface area contributed by atoms with Gasteiger partial charge in [0, 0.05) is 24.5 Å². The lowest BCUT2D eigenvalue weighted by molar-refractivity contribution is -0.143. The van der Waals surface area contributed by atoms with Gasteiger partial charge < -0.3 is 14.7 Å². The number of ether oxygens (including phenoxy) is 1. The van der Waals surface area contributed by atoms with Crippen LogP contribution in [0, 0.1) is 0 Å². The number of carbonyl (C=O) groups excluding carboxylic acids is 1. The Kier molecular flexibility index (Phi) is 5.93. The quantitative estimate of drug-likeness (QED) is 0.847. The van der Waals surface area contributed by atoms with E-state index in [-0.39, 0.29) is 24.5 Å². The molecule has 1 aromatic heterocycles. The molecule has 122 valence electrons. The molecule has 7 heteroatoms. The number of morpholine rings is 1. The van der Waals surface area contributed by atoms with E-state index in [0.717, 1.165) is 4.88 Å². The zero-order chi connectivity index (χ0) is 16.1. The molecule has 1 aromatic rings. The Labute approximate surface area is 134 Å². The normalized spacial score (nSPS) is 20.1. The lowest BCUT2D eigenvalue weighted by atomic mass is 10.1. The van der Waals surface area contributed by atoms with Crippen LogP contribution in [0.5, 0.6) is 0 Å². The molecule has 1 N–H and O–H groups in total. The second-order valence-electron chi connectivity index (χ2n) is 5.60. The number of hydrogen-bond donors (Lipinski definition) is 1. The molecule has 1 saturated heterocycles. The first-order valence-electron chi connectivity index (χ1n) is 7.31. The van der Waals surface area contributed by atoms with E-state index in [1.165, 1.54) is 0 Å². The summed E-state index contributed by atoms with van der Waals surface area (Å²) in [4.78, 5) is 27.9. The van der Waals surface area contributed by atoms with Crippen LogP contribution in [-0.2, 0) is 14.3 Å². The molecule has 0 bridgehead atoms. The summed E-state index contributed by atoms with van der Waals surface area (Å²) in [7, 11) is 1.74. The van der Waals surface area contributed by atoms with Crippen LogP contribution >= 0.6 is 11.3 Å². The van der Waals surface area contributed by atoms with E-state index in [9.17, 15) is 9.59 Å². The van der Waals surface area contributed by atoms with Crippen molar-refractivity contribution in [2.45, 2.75) is 18.9 Å². The number of thiophene rings is 1. The summed E-state index contributed by atoms with van der Waals surface area (Å²) in [5.74, 6) is -0.898. The number of nitrogens with zero attached hydrogens (tertiary/aromatic N) is 2. The minimum absolute atomic E-state index is 0.0284. The van der Waals surface area contributed by atoms with Crippen LogP contribution in [0.2, 0.25) is 0 Å². The van der Waals surface area contributed by atoms with Crippen LogP contribution in [0.1, 0.15) is 17.7 Å². The fraction of sp³-hybridized carbons (Fsp3) is 0.600. The van der Waals surface area contributed by atoms with Crippen molar-refractivity contribution in [1.82, 2.24) is 9.80 Å². The molecule has 2 atom stereocenters. The molecular weight excluding hydrogens is 304 g/mol. The maximum absolute atomic E-state index is 12.6. The summed E-state index contributed by atoms with van der Waals surface area (Å²) in [6, 6.07) is 3.93. The number of carbonyl (C=O) groups is 2. The van der Waals surface area contributed by atoms with E-state index >= 15 is 0 Å². The van der Waals surface area contributed by atoms with Gasteiger partial charge in [0.05, 0.1) is 25.2 Å². The van der Waals surface area contributed by atoms with Crippen LogP contribution < -0.4 is 0 Å². The molecule has 1 amide bonds. The molecule has 2 heterocycles. The highest BCUT2D eigenvalue weighted by atomic mass is 32.1. The molecule has 1 fully saturated rings. The summed E-state index contributed by atoms with van der Waals surface area (Å²) in [5.41, 5.74) is 0. The summed E-state index contributed by atoms with van der Waals surface area (Å²) < 4.78 is 5.66. The van der Waals surface area contributed by atoms with Crippen molar-refractivity contribution >= 4 is 23.2 Å². The highest BCUT2D eigenvalue weighted by Crippen LogP contribution is 2.23. The lowest BCUT2D eigenvalue weighted by Gasteiger charge is -2.35. The second-order valence-corrected chi connectivity index (χ2v) is 6.58. The van der Waals surface area contributed by atoms with Crippen molar-refractivity contribution in [1.29, 1.82) is 0 Å². The van der Waals surface area contributed by atoms with Crippen molar-refractivity contribution in [3.63, 3.8) is 0 Å². The Bertz CT molecular complexity index is 506. The fourth-order valence-electron chi connectivity index (χ4n) is 2.61. The van der Waals surface area contributed by atoms with E-state index in [2.05, 4.69) is 0 Å². The predicted molar refractivity (Wildman–Crippen MR) is 84.2 cm³/mol. The Morgan fingerprint density at radius 3 is 3.00 bits per heavy atom. The van der Waals surface area contributed by atoms with Crippen LogP contribution in [0.15, 0.2) is 17.5 Å². The highest BCUT2D eigenvalue weighted by molar-refractivity contribution is 7.10. The van der Waals surface area contributed by atoms with Crippen LogP contribution in [0.25, 0.3) is 0 Å². The van der Waals surface area contributed by atoms with Gasteiger partial charge in [0.2, 0.25) is 5.91 Å². The average Bonchev–Trinajstić information content (AvgIpc) is 2.99. The van der Waals surface area contributed by atoms with Gasteiger partial charge in [-0.25, -0.2) is 0 Å². The van der Waals surface area contributed by atoms with E-state index in [0.29, 0.717) is 26.2 Å². The molecule has 0 saturated carbocycles. The first kappa shape index (κ1) is 16.9. The fourth-order valence-corrected chi connectivity index (χ4v) is 3.38. The molecule has 22 heavy (non-hydrogen) atoms. The SMILES string of the molecule is CC(C(=O)N1CCOC(CN(C)CC(=O)O)C1)c1cccs1. The number of rotatable bonds is 6. The van der Waals surface area contributed by atoms with Crippen molar-refractivity contribution in [3.05, 3.63) is 22.4 Å². The third-order valence-electron chi connectivity index (χ3n) is 3.71. The van der Waals surface area contributed by atoms with Crippen molar-refractivity contribution in [2.75, 3.05) is 39.8 Å². The van der Waals surface area contributed by atoms with Crippen LogP contribution in [-0.4, -0.2) is 72.7 Å². The number of amides is 1. The van der Waals surface area contributed by atoms with Crippen molar-refractivity contribution < 1.29 is 19.4 Å². The Balaban J connectivity index is 1.89. The first-order valence-corrected chi connectivity index (χ1v) is 8.19. The topological polar surface area (TPSA) is 70.1 Å². The van der Waals surface area contributed by atoms with Gasteiger partial charge in [-0.3, -0.25) is 14.5 Å². The Morgan fingerprint density at radius 2 is 2.36 bits per heavy atom. The smallest absolute Gasteiger partial charge is 0.317 e. The maximum atomic E-state index is 12.6. The van der Waals surface area contributed by atoms with Gasteiger partial charge in [-0.2, -0.15) is 0 Å². The van der Waals surface area contributed by atoms with Crippen LogP contribution in [0.4, 0.5) is 0 Å². The van der Waals surface area contributed by atoms with E-state index in [1.54, 1.807) is 23.3 Å². The molecule has 0 radical (unpaired) electrons. The molecule has 1 aliphatic heterocycles. The van der Waals surface area contributed by atoms with Crippen molar-refractivity contribution in [3.8, 4) is 0 Å². The highest BCUT2D eigenvalue weighted by Gasteiger charge is 2.29. The molecular formula is C15H22N2O4S. The van der Waals surface area contributed by atoms with Gasteiger partial charge in [-0.1, -0.05) is 6.07 Å². The maximum Gasteiger partial charge on any atom is 0.317 e. The average molecular weight is 326 g/mol. The van der Waals surface area contributed by atoms with E-state index < -0.39 is 5.97 Å². The number of carboxylic acid groups (broad SMARTS) is 1. The standard InChI is InChI=1S/C15H22N2O4S/c1-11(13-4-3-7-22-13)15(20)17-5-6-21-12(9-17)8-16(2)10-14(18)19/h3-4,7,11-12H,5-6,8-10H2,1-2H3,(H,18,19). The third kappa shape index (κ3) is 4.53. The number of aliphatic carboxylic acids is 1. The first-order chi connectivity index (χ1) is 10.5. The third-order valence-corrected chi connectivity index (χ3v) is 4.77. The van der Waals surface area contributed by atoms with Gasteiger partial charge in [0.1, 0.15) is 0 Å². The monoisotopic (exact) mass is 326 g/mol. The van der Waals surface area contributed by atoms with Gasteiger partial charge in [-0.15, -0.1) is 11.3 Å². The number of hydrogen-bond acceptors (Lipinski definition) is 5. The summed E-state index contributed by atoms with van der Waals surface area (Å²) >= 11 is 1.59. The molecule has 0 aromatic carbocycles. The lowest BCUT2D eigenvalue weighted by Crippen LogP contribution is -2.50. The van der Waals surface area contributed by atoms with Gasteiger partial charge in [0.15, 0.2) is 0 Å². The Morgan fingerprint density at radius 1 is 1.59 bits per heavy atom. The number of likely N-dealkylation sites (N-methyl/N-ethyl adjacent to an activating group) is 1. The minimum atomic E-state index is -0.863. The van der Waals surface area contributed by atoms with Crippen molar-refractivity contribution in [2.24, 2.45) is 0 Å². The van der Waals surface area contributed by atoms with Gasteiger partial charge >= 0.3 is 5.97 Å². The predicted octanol–water partition coefficient (Wildman–Crippen LogP) is 1.10. The zero-order valence-electron chi connectivity index (χ0n) is 12.9. The molecule has 2 rings (SSSR count). The second kappa shape index (κ2) is 7.71. The molecule has 0 aliphatic carbocycles. The molecule has 2 unspecified atom stereocenters. The van der Waals surface area contributed by atoms with E-state index in [1.807, 2.05) is 29.3 Å². The van der Waals surface area contributed by atoms with Gasteiger partial charge in [-0.05, 0) is 25.4 Å². The molecule has 0 spiro atoms. The molecule has 6 nitrogen and oxygen atoms in total. The zero-order valence-corrected chi connectivity index (χ0v) is 13.7. The van der Waals surface area contributed by atoms with Crippen LogP contribution in [0.3, 0.4) is 0 Å². The number of carboxylic acids is 1. The summed E-state index contributed by atoms with van der Waals surface area (Å²) in [6.45, 7) is 4.00. The minimum Gasteiger partial charge on any atom is -0.480 e. The molecule has 1 aliphatic rings. The van der Waals surface area contributed by atoms with Gasteiger partial charge in [0.25, 0.3) is 0 Å². The Hall–Kier alpha value is -1.44. The largest absolute Gasteiger partial charge is 0.480 e.